The Labute approximate surface area is 130 Å². The van der Waals surface area contributed by atoms with Gasteiger partial charge in [-0.05, 0) is 24.8 Å². The molecule has 0 aromatic carbocycles. The number of rotatable bonds is 2. The maximum atomic E-state index is 12.8. The van der Waals surface area contributed by atoms with Gasteiger partial charge in [0.15, 0.2) is 0 Å². The second-order valence-corrected chi connectivity index (χ2v) is 6.57. The lowest BCUT2D eigenvalue weighted by Crippen LogP contribution is -2.45. The quantitative estimate of drug-likeness (QED) is 0.809. The summed E-state index contributed by atoms with van der Waals surface area (Å²) in [7, 11) is 0. The van der Waals surface area contributed by atoms with Crippen molar-refractivity contribution in [2.45, 2.75) is 12.8 Å². The van der Waals surface area contributed by atoms with Gasteiger partial charge >= 0.3 is 0 Å². The predicted molar refractivity (Wildman–Crippen MR) is 81.3 cm³/mol. The molecule has 1 amide bonds. The number of hydrogen-bond donors (Lipinski definition) is 0. The van der Waals surface area contributed by atoms with Crippen LogP contribution in [0, 0.1) is 17.8 Å². The molecule has 3 atom stereocenters. The molecule has 0 spiro atoms. The molecule has 3 aliphatic rings. The van der Waals surface area contributed by atoms with Crippen LogP contribution in [0.25, 0.3) is 0 Å². The molecule has 4 rings (SSSR count). The van der Waals surface area contributed by atoms with Crippen molar-refractivity contribution in [3.63, 3.8) is 0 Å². The minimum atomic E-state index is 0.0173. The van der Waals surface area contributed by atoms with E-state index in [1.807, 2.05) is 11.0 Å². The Morgan fingerprint density at radius 3 is 2.86 bits per heavy atom. The van der Waals surface area contributed by atoms with Crippen LogP contribution in [0.3, 0.4) is 0 Å². The largest absolute Gasteiger partial charge is 0.380 e. The van der Waals surface area contributed by atoms with E-state index in [0.717, 1.165) is 51.4 Å². The minimum absolute atomic E-state index is 0.0173. The van der Waals surface area contributed by atoms with Crippen LogP contribution < -0.4 is 4.90 Å². The van der Waals surface area contributed by atoms with Gasteiger partial charge in [-0.2, -0.15) is 0 Å². The van der Waals surface area contributed by atoms with Crippen LogP contribution >= 0.6 is 0 Å². The molecule has 6 nitrogen and oxygen atoms in total. The normalized spacial score (nSPS) is 31.4. The fourth-order valence-corrected chi connectivity index (χ4v) is 4.08. The standard InChI is InChI=1S/C16H22N4O2/c21-16(19-5-1-2-6-19)14-10-22-9-12-7-20(8-13(12)14)15-3-4-17-11-18-15/h3-4,11-14H,1-2,5-10H2/t12-,13-,14+/m0/s1. The van der Waals surface area contributed by atoms with Crippen LogP contribution in [0.2, 0.25) is 0 Å². The molecule has 22 heavy (non-hydrogen) atoms. The lowest BCUT2D eigenvalue weighted by molar-refractivity contribution is -0.143. The SMILES string of the molecule is O=C([C@@H]1COC[C@@H]2CN(c3ccncn3)C[C@@H]21)N1CCCC1. The van der Waals surface area contributed by atoms with Gasteiger partial charge in [0.1, 0.15) is 12.1 Å². The number of aromatic nitrogens is 2. The molecular formula is C16H22N4O2. The van der Waals surface area contributed by atoms with E-state index in [4.69, 9.17) is 4.74 Å². The van der Waals surface area contributed by atoms with Crippen molar-refractivity contribution in [3.05, 3.63) is 18.6 Å². The zero-order chi connectivity index (χ0) is 14.9. The minimum Gasteiger partial charge on any atom is -0.380 e. The molecule has 3 fully saturated rings. The molecule has 0 radical (unpaired) electrons. The van der Waals surface area contributed by atoms with E-state index in [-0.39, 0.29) is 5.92 Å². The van der Waals surface area contributed by atoms with Crippen molar-refractivity contribution < 1.29 is 9.53 Å². The van der Waals surface area contributed by atoms with Crippen LogP contribution in [-0.2, 0) is 9.53 Å². The van der Waals surface area contributed by atoms with Gasteiger partial charge in [-0.3, -0.25) is 4.79 Å². The number of ether oxygens (including phenoxy) is 1. The van der Waals surface area contributed by atoms with E-state index in [1.165, 1.54) is 0 Å². The first-order valence-corrected chi connectivity index (χ1v) is 8.20. The lowest BCUT2D eigenvalue weighted by atomic mass is 9.82. The molecule has 118 valence electrons. The third-order valence-electron chi connectivity index (χ3n) is 5.26. The summed E-state index contributed by atoms with van der Waals surface area (Å²) in [6.07, 6.45) is 5.63. The third kappa shape index (κ3) is 2.45. The van der Waals surface area contributed by atoms with Gasteiger partial charge in [0.2, 0.25) is 5.91 Å². The summed E-state index contributed by atoms with van der Waals surface area (Å²) < 4.78 is 5.75. The Hall–Kier alpha value is -1.69. The van der Waals surface area contributed by atoms with Gasteiger partial charge in [0.05, 0.1) is 19.1 Å². The average molecular weight is 302 g/mol. The molecule has 0 unspecified atom stereocenters. The highest BCUT2D eigenvalue weighted by atomic mass is 16.5. The van der Waals surface area contributed by atoms with Crippen LogP contribution in [-0.4, -0.2) is 60.2 Å². The molecule has 3 saturated heterocycles. The van der Waals surface area contributed by atoms with E-state index in [0.29, 0.717) is 24.3 Å². The molecule has 1 aromatic rings. The zero-order valence-corrected chi connectivity index (χ0v) is 12.7. The summed E-state index contributed by atoms with van der Waals surface area (Å²) in [6, 6.07) is 1.94. The van der Waals surface area contributed by atoms with Gasteiger partial charge in [-0.1, -0.05) is 0 Å². The zero-order valence-electron chi connectivity index (χ0n) is 12.7. The maximum Gasteiger partial charge on any atom is 0.228 e. The molecule has 0 aliphatic carbocycles. The number of likely N-dealkylation sites (tertiary alicyclic amines) is 1. The molecule has 1 aromatic heterocycles. The number of anilines is 1. The highest BCUT2D eigenvalue weighted by molar-refractivity contribution is 5.80. The summed E-state index contributed by atoms with van der Waals surface area (Å²) >= 11 is 0. The van der Waals surface area contributed by atoms with Gasteiger partial charge < -0.3 is 14.5 Å². The first kappa shape index (κ1) is 13.9. The van der Waals surface area contributed by atoms with Crippen molar-refractivity contribution in [1.82, 2.24) is 14.9 Å². The van der Waals surface area contributed by atoms with Crippen molar-refractivity contribution in [2.75, 3.05) is 44.3 Å². The monoisotopic (exact) mass is 302 g/mol. The highest BCUT2D eigenvalue weighted by Gasteiger charge is 2.45. The van der Waals surface area contributed by atoms with Crippen molar-refractivity contribution >= 4 is 11.7 Å². The Kier molecular flexibility index (Phi) is 3.70. The Balaban J connectivity index is 1.50. The lowest BCUT2D eigenvalue weighted by Gasteiger charge is -2.34. The summed E-state index contributed by atoms with van der Waals surface area (Å²) in [5.74, 6) is 2.09. The van der Waals surface area contributed by atoms with E-state index in [2.05, 4.69) is 14.9 Å². The predicted octanol–water partition coefficient (Wildman–Crippen LogP) is 0.798. The first-order valence-electron chi connectivity index (χ1n) is 8.20. The number of nitrogens with zero attached hydrogens (tertiary/aromatic N) is 4. The number of fused-ring (bicyclic) bond motifs is 1. The molecule has 3 aliphatic heterocycles. The highest BCUT2D eigenvalue weighted by Crippen LogP contribution is 2.36. The second-order valence-electron chi connectivity index (χ2n) is 6.57. The Morgan fingerprint density at radius 1 is 1.23 bits per heavy atom. The maximum absolute atomic E-state index is 12.8. The van der Waals surface area contributed by atoms with Gasteiger partial charge in [-0.25, -0.2) is 9.97 Å². The molecule has 0 saturated carbocycles. The first-order chi connectivity index (χ1) is 10.8. The van der Waals surface area contributed by atoms with Crippen molar-refractivity contribution in [3.8, 4) is 0 Å². The van der Waals surface area contributed by atoms with E-state index >= 15 is 0 Å². The van der Waals surface area contributed by atoms with Crippen LogP contribution in [0.1, 0.15) is 12.8 Å². The van der Waals surface area contributed by atoms with Crippen LogP contribution in [0.5, 0.6) is 0 Å². The molecule has 0 bridgehead atoms. The molecule has 0 N–H and O–H groups in total. The summed E-state index contributed by atoms with van der Waals surface area (Å²) in [4.78, 5) is 25.4. The Bertz CT molecular complexity index is 532. The fraction of sp³-hybridized carbons (Fsp3) is 0.688. The fourth-order valence-electron chi connectivity index (χ4n) is 4.08. The summed E-state index contributed by atoms with van der Waals surface area (Å²) in [5.41, 5.74) is 0. The van der Waals surface area contributed by atoms with Crippen LogP contribution in [0.4, 0.5) is 5.82 Å². The second kappa shape index (κ2) is 5.83. The van der Waals surface area contributed by atoms with E-state index in [1.54, 1.807) is 12.5 Å². The average Bonchev–Trinajstić information content (AvgIpc) is 3.24. The number of carbonyl (C=O) groups is 1. The molecular weight excluding hydrogens is 280 g/mol. The van der Waals surface area contributed by atoms with E-state index < -0.39 is 0 Å². The van der Waals surface area contributed by atoms with Gasteiger partial charge in [0, 0.05) is 38.3 Å². The summed E-state index contributed by atoms with van der Waals surface area (Å²) in [5, 5.41) is 0. The number of amides is 1. The van der Waals surface area contributed by atoms with E-state index in [9.17, 15) is 4.79 Å². The molecule has 4 heterocycles. The number of hydrogen-bond acceptors (Lipinski definition) is 5. The topological polar surface area (TPSA) is 58.6 Å². The van der Waals surface area contributed by atoms with Gasteiger partial charge in [-0.15, -0.1) is 0 Å². The van der Waals surface area contributed by atoms with Crippen LogP contribution in [0.15, 0.2) is 18.6 Å². The smallest absolute Gasteiger partial charge is 0.228 e. The third-order valence-corrected chi connectivity index (χ3v) is 5.26. The van der Waals surface area contributed by atoms with Crippen molar-refractivity contribution in [2.24, 2.45) is 17.8 Å². The molecule has 6 heteroatoms. The van der Waals surface area contributed by atoms with Gasteiger partial charge in [0.25, 0.3) is 0 Å². The number of carbonyl (C=O) groups excluding carboxylic acids is 1. The Morgan fingerprint density at radius 2 is 2.09 bits per heavy atom. The summed E-state index contributed by atoms with van der Waals surface area (Å²) in [6.45, 7) is 5.00. The van der Waals surface area contributed by atoms with Crippen molar-refractivity contribution in [1.29, 1.82) is 0 Å².